The van der Waals surface area contributed by atoms with Crippen molar-refractivity contribution in [3.63, 3.8) is 0 Å². The second-order valence-electron chi connectivity index (χ2n) is 4.64. The lowest BCUT2D eigenvalue weighted by molar-refractivity contribution is 0.622. The molecule has 0 radical (unpaired) electrons. The molecule has 0 aliphatic heterocycles. The zero-order chi connectivity index (χ0) is 11.5. The Morgan fingerprint density at radius 1 is 1.50 bits per heavy atom. The van der Waals surface area contributed by atoms with Crippen LogP contribution in [0.5, 0.6) is 0 Å². The second-order valence-corrected chi connectivity index (χ2v) is 4.64. The maximum absolute atomic E-state index is 8.78. The molecule has 1 aromatic carbocycles. The van der Waals surface area contributed by atoms with Crippen LogP contribution in [0.4, 0.5) is 0 Å². The van der Waals surface area contributed by atoms with Gasteiger partial charge in [0.25, 0.3) is 0 Å². The number of hydrogen-bond donors (Lipinski definition) is 1. The third-order valence-corrected chi connectivity index (χ3v) is 3.47. The Kier molecular flexibility index (Phi) is 3.26. The maximum atomic E-state index is 8.78. The molecule has 1 fully saturated rings. The summed E-state index contributed by atoms with van der Waals surface area (Å²) in [7, 11) is 0. The molecule has 2 rings (SSSR count). The summed E-state index contributed by atoms with van der Waals surface area (Å²) in [6.07, 6.45) is 2.61. The van der Waals surface area contributed by atoms with Crippen molar-refractivity contribution in [3.8, 4) is 6.07 Å². The molecule has 16 heavy (non-hydrogen) atoms. The number of hydrogen-bond acceptors (Lipinski definition) is 2. The first-order valence-electron chi connectivity index (χ1n) is 5.97. The highest BCUT2D eigenvalue weighted by molar-refractivity contribution is 5.37. The van der Waals surface area contributed by atoms with E-state index in [1.165, 1.54) is 24.0 Å². The summed E-state index contributed by atoms with van der Waals surface area (Å²) >= 11 is 0. The van der Waals surface area contributed by atoms with Crippen LogP contribution in [0.3, 0.4) is 0 Å². The average Bonchev–Trinajstić information content (AvgIpc) is 3.06. The van der Waals surface area contributed by atoms with Crippen LogP contribution in [0.2, 0.25) is 0 Å². The van der Waals surface area contributed by atoms with Crippen LogP contribution in [0, 0.1) is 24.2 Å². The van der Waals surface area contributed by atoms with Crippen molar-refractivity contribution in [2.75, 3.05) is 0 Å². The molecule has 1 aromatic rings. The van der Waals surface area contributed by atoms with Crippen molar-refractivity contribution < 1.29 is 0 Å². The SMILES string of the molecule is CCC1CC1NCc1ccc(C#N)cc1C. The molecule has 84 valence electrons. The smallest absolute Gasteiger partial charge is 0.0991 e. The Balaban J connectivity index is 1.93. The van der Waals surface area contributed by atoms with E-state index in [2.05, 4.69) is 31.3 Å². The Hall–Kier alpha value is -1.33. The fourth-order valence-corrected chi connectivity index (χ4v) is 2.15. The van der Waals surface area contributed by atoms with E-state index >= 15 is 0 Å². The zero-order valence-corrected chi connectivity index (χ0v) is 9.96. The summed E-state index contributed by atoms with van der Waals surface area (Å²) in [6, 6.07) is 8.81. The number of nitrogens with zero attached hydrogens (tertiary/aromatic N) is 1. The second kappa shape index (κ2) is 4.67. The molecule has 2 nitrogen and oxygen atoms in total. The zero-order valence-electron chi connectivity index (χ0n) is 9.96. The topological polar surface area (TPSA) is 35.8 Å². The van der Waals surface area contributed by atoms with Gasteiger partial charge in [-0.2, -0.15) is 5.26 Å². The van der Waals surface area contributed by atoms with E-state index in [0.29, 0.717) is 0 Å². The van der Waals surface area contributed by atoms with E-state index < -0.39 is 0 Å². The molecule has 0 bridgehead atoms. The molecule has 1 aliphatic rings. The molecule has 1 aliphatic carbocycles. The van der Waals surface area contributed by atoms with Gasteiger partial charge in [-0.3, -0.25) is 0 Å². The lowest BCUT2D eigenvalue weighted by Crippen LogP contribution is -2.18. The van der Waals surface area contributed by atoms with Gasteiger partial charge in [-0.1, -0.05) is 19.4 Å². The van der Waals surface area contributed by atoms with E-state index in [4.69, 9.17) is 5.26 Å². The van der Waals surface area contributed by atoms with Crippen LogP contribution in [0.25, 0.3) is 0 Å². The molecule has 0 spiro atoms. The monoisotopic (exact) mass is 214 g/mol. The van der Waals surface area contributed by atoms with Crippen molar-refractivity contribution in [1.29, 1.82) is 5.26 Å². The first kappa shape index (κ1) is 11.2. The highest BCUT2D eigenvalue weighted by atomic mass is 15.0. The van der Waals surface area contributed by atoms with E-state index in [1.807, 2.05) is 12.1 Å². The summed E-state index contributed by atoms with van der Waals surface area (Å²) in [5, 5.41) is 12.4. The molecular formula is C14H18N2. The highest BCUT2D eigenvalue weighted by Gasteiger charge is 2.34. The van der Waals surface area contributed by atoms with Crippen LogP contribution in [-0.4, -0.2) is 6.04 Å². The minimum atomic E-state index is 0.722. The summed E-state index contributed by atoms with van der Waals surface area (Å²) in [5.41, 5.74) is 3.26. The summed E-state index contributed by atoms with van der Waals surface area (Å²) in [6.45, 7) is 5.25. The van der Waals surface area contributed by atoms with E-state index in [0.717, 1.165) is 24.1 Å². The van der Waals surface area contributed by atoms with E-state index in [-0.39, 0.29) is 0 Å². The van der Waals surface area contributed by atoms with Crippen LogP contribution in [0.1, 0.15) is 36.5 Å². The molecule has 0 amide bonds. The van der Waals surface area contributed by atoms with Crippen LogP contribution >= 0.6 is 0 Å². The van der Waals surface area contributed by atoms with Gasteiger partial charge in [0, 0.05) is 12.6 Å². The predicted octanol–water partition coefficient (Wildman–Crippen LogP) is 2.75. The quantitative estimate of drug-likeness (QED) is 0.836. The number of rotatable bonds is 4. The van der Waals surface area contributed by atoms with Crippen molar-refractivity contribution >= 4 is 0 Å². The van der Waals surface area contributed by atoms with Gasteiger partial charge < -0.3 is 5.32 Å². The molecule has 0 saturated heterocycles. The van der Waals surface area contributed by atoms with Crippen molar-refractivity contribution in [1.82, 2.24) is 5.32 Å². The van der Waals surface area contributed by atoms with E-state index in [1.54, 1.807) is 0 Å². The summed E-state index contributed by atoms with van der Waals surface area (Å²) in [4.78, 5) is 0. The molecule has 1 N–H and O–H groups in total. The molecule has 2 heteroatoms. The molecule has 2 unspecified atom stereocenters. The first-order valence-corrected chi connectivity index (χ1v) is 5.97. The van der Waals surface area contributed by atoms with Gasteiger partial charge in [-0.25, -0.2) is 0 Å². The predicted molar refractivity (Wildman–Crippen MR) is 64.9 cm³/mol. The number of aryl methyl sites for hydroxylation is 1. The molecule has 0 aromatic heterocycles. The molecule has 2 atom stereocenters. The first-order chi connectivity index (χ1) is 7.74. The van der Waals surface area contributed by atoms with Gasteiger partial charge in [0.15, 0.2) is 0 Å². The minimum Gasteiger partial charge on any atom is -0.310 e. The highest BCUT2D eigenvalue weighted by Crippen LogP contribution is 2.33. The lowest BCUT2D eigenvalue weighted by atomic mass is 10.1. The van der Waals surface area contributed by atoms with Crippen LogP contribution < -0.4 is 5.32 Å². The lowest BCUT2D eigenvalue weighted by Gasteiger charge is -2.07. The van der Waals surface area contributed by atoms with Gasteiger partial charge in [0.05, 0.1) is 11.6 Å². The van der Waals surface area contributed by atoms with E-state index in [9.17, 15) is 0 Å². The Labute approximate surface area is 97.3 Å². The van der Waals surface area contributed by atoms with Crippen molar-refractivity contribution in [2.24, 2.45) is 5.92 Å². The largest absolute Gasteiger partial charge is 0.310 e. The average molecular weight is 214 g/mol. The molecule has 0 heterocycles. The fourth-order valence-electron chi connectivity index (χ4n) is 2.15. The Bertz CT molecular complexity index is 417. The van der Waals surface area contributed by atoms with Gasteiger partial charge in [-0.05, 0) is 42.5 Å². The number of nitriles is 1. The Morgan fingerprint density at radius 2 is 2.31 bits per heavy atom. The van der Waals surface area contributed by atoms with Gasteiger partial charge in [0.2, 0.25) is 0 Å². The molecular weight excluding hydrogens is 196 g/mol. The van der Waals surface area contributed by atoms with Crippen LogP contribution in [-0.2, 0) is 6.54 Å². The maximum Gasteiger partial charge on any atom is 0.0991 e. The van der Waals surface area contributed by atoms with Gasteiger partial charge >= 0.3 is 0 Å². The van der Waals surface area contributed by atoms with Crippen molar-refractivity contribution in [3.05, 3.63) is 34.9 Å². The van der Waals surface area contributed by atoms with Gasteiger partial charge in [0.1, 0.15) is 0 Å². The third kappa shape index (κ3) is 2.43. The van der Waals surface area contributed by atoms with Crippen LogP contribution in [0.15, 0.2) is 18.2 Å². The Morgan fingerprint density at radius 3 is 2.88 bits per heavy atom. The summed E-state index contributed by atoms with van der Waals surface area (Å²) in [5.74, 6) is 0.888. The summed E-state index contributed by atoms with van der Waals surface area (Å²) < 4.78 is 0. The molecule has 1 saturated carbocycles. The minimum absolute atomic E-state index is 0.722. The number of nitrogens with one attached hydrogen (secondary N) is 1. The van der Waals surface area contributed by atoms with Gasteiger partial charge in [-0.15, -0.1) is 0 Å². The normalized spacial score (nSPS) is 22.8. The van der Waals surface area contributed by atoms with Crippen molar-refractivity contribution in [2.45, 2.75) is 39.3 Å². The fraction of sp³-hybridized carbons (Fsp3) is 0.500. The third-order valence-electron chi connectivity index (χ3n) is 3.47. The standard InChI is InChI=1S/C14H18N2/c1-3-12-7-14(12)16-9-13-5-4-11(8-15)6-10(13)2/h4-6,12,14,16H,3,7,9H2,1-2H3. The number of benzene rings is 1.